The molecule has 1 heterocycles. The van der Waals surface area contributed by atoms with Crippen LogP contribution >= 0.6 is 24.0 Å². The first-order chi connectivity index (χ1) is 10.6. The molecule has 0 saturated carbocycles. The lowest BCUT2D eigenvalue weighted by atomic mass is 9.90. The van der Waals surface area contributed by atoms with Crippen molar-refractivity contribution in [1.29, 1.82) is 0 Å². The smallest absolute Gasteiger partial charge is 0.211 e. The van der Waals surface area contributed by atoms with Gasteiger partial charge in [-0.15, -0.1) is 12.4 Å². The number of ether oxygens (including phenoxy) is 1. The molecule has 1 aromatic rings. The van der Waals surface area contributed by atoms with Gasteiger partial charge in [-0.25, -0.2) is 17.1 Å². The normalized spacial score (nSPS) is 25.2. The first-order valence-electron chi connectivity index (χ1n) is 7.04. The number of likely N-dealkylation sites (N-methyl/N-ethyl adjacent to an activating group) is 1. The van der Waals surface area contributed by atoms with Crippen molar-refractivity contribution in [2.75, 3.05) is 39.5 Å². The van der Waals surface area contributed by atoms with E-state index in [1.54, 1.807) is 6.07 Å². The molecule has 6 nitrogen and oxygen atoms in total. The van der Waals surface area contributed by atoms with Crippen LogP contribution in [0, 0.1) is 5.82 Å². The average molecular weight is 403 g/mol. The predicted molar refractivity (Wildman–Crippen MR) is 92.6 cm³/mol. The molecule has 138 valence electrons. The molecule has 1 fully saturated rings. The summed E-state index contributed by atoms with van der Waals surface area (Å²) in [5.41, 5.74) is -1.14. The summed E-state index contributed by atoms with van der Waals surface area (Å²) in [5, 5.41) is 14.0. The van der Waals surface area contributed by atoms with Crippen molar-refractivity contribution < 1.29 is 22.7 Å². The molecule has 1 aromatic carbocycles. The van der Waals surface area contributed by atoms with Gasteiger partial charge in [0.05, 0.1) is 17.9 Å². The summed E-state index contributed by atoms with van der Waals surface area (Å²) < 4.78 is 43.8. The van der Waals surface area contributed by atoms with Crippen molar-refractivity contribution in [1.82, 2.24) is 9.62 Å². The molecule has 0 amide bonds. The highest BCUT2D eigenvalue weighted by molar-refractivity contribution is 7.88. The number of sulfonamides is 1. The fraction of sp³-hybridized carbons (Fsp3) is 0.571. The molecular formula is C14H21Cl2FN2O4S. The van der Waals surface area contributed by atoms with Gasteiger partial charge in [0.15, 0.2) is 0 Å². The van der Waals surface area contributed by atoms with Gasteiger partial charge >= 0.3 is 0 Å². The second-order valence-electron chi connectivity index (χ2n) is 5.72. The zero-order chi connectivity index (χ0) is 17.3. The van der Waals surface area contributed by atoms with E-state index in [0.717, 1.165) is 10.6 Å². The second kappa shape index (κ2) is 8.27. The number of nitrogens with zero attached hydrogens (tertiary/aromatic N) is 1. The Morgan fingerprint density at radius 2 is 2.21 bits per heavy atom. The number of benzene rings is 1. The second-order valence-corrected chi connectivity index (χ2v) is 8.22. The summed E-state index contributed by atoms with van der Waals surface area (Å²) >= 11 is 5.69. The van der Waals surface area contributed by atoms with E-state index in [4.69, 9.17) is 16.3 Å². The number of nitrogens with one attached hydrogen (secondary N) is 1. The molecule has 0 spiro atoms. The van der Waals surface area contributed by atoms with Gasteiger partial charge in [-0.2, -0.15) is 0 Å². The third-order valence-electron chi connectivity index (χ3n) is 3.79. The Balaban J connectivity index is 0.00000288. The standard InChI is InChI=1S/C14H20ClFN2O4S.ClH/c1-18(23(2,20)21)9-14(19)8-17-5-6-22-13(14)10-3-4-11(15)12(16)7-10;/h3-4,7,13,17,19H,5-6,8-9H2,1-2H3;1H. The van der Waals surface area contributed by atoms with E-state index in [9.17, 15) is 17.9 Å². The highest BCUT2D eigenvalue weighted by Gasteiger charge is 2.42. The molecule has 2 atom stereocenters. The van der Waals surface area contributed by atoms with Crippen LogP contribution in [0.2, 0.25) is 5.02 Å². The van der Waals surface area contributed by atoms with Gasteiger partial charge < -0.3 is 15.2 Å². The van der Waals surface area contributed by atoms with Crippen LogP contribution in [0.5, 0.6) is 0 Å². The Kier molecular flexibility index (Phi) is 7.43. The van der Waals surface area contributed by atoms with E-state index in [1.165, 1.54) is 19.2 Å². The van der Waals surface area contributed by atoms with Crippen molar-refractivity contribution in [2.45, 2.75) is 11.7 Å². The first kappa shape index (κ1) is 21.6. The van der Waals surface area contributed by atoms with Crippen molar-refractivity contribution >= 4 is 34.0 Å². The minimum absolute atomic E-state index is 0. The molecule has 0 bridgehead atoms. The lowest BCUT2D eigenvalue weighted by molar-refractivity contribution is -0.0998. The molecule has 1 aliphatic rings. The molecule has 0 aliphatic carbocycles. The molecule has 2 rings (SSSR count). The van der Waals surface area contributed by atoms with Gasteiger partial charge in [0.1, 0.15) is 17.5 Å². The molecule has 0 radical (unpaired) electrons. The van der Waals surface area contributed by atoms with Crippen LogP contribution in [0.4, 0.5) is 4.39 Å². The SMILES string of the molecule is CN(CC1(O)CNCCOC1c1ccc(Cl)c(F)c1)S(C)(=O)=O.Cl. The lowest BCUT2D eigenvalue weighted by Crippen LogP contribution is -2.53. The van der Waals surface area contributed by atoms with Gasteiger partial charge in [-0.05, 0) is 17.7 Å². The summed E-state index contributed by atoms with van der Waals surface area (Å²) in [6, 6.07) is 4.14. The number of aliphatic hydroxyl groups is 1. The third kappa shape index (κ3) is 5.01. The Morgan fingerprint density at radius 1 is 1.54 bits per heavy atom. The Labute approximate surface area is 152 Å². The Morgan fingerprint density at radius 3 is 2.79 bits per heavy atom. The van der Waals surface area contributed by atoms with Crippen molar-refractivity contribution in [3.8, 4) is 0 Å². The van der Waals surface area contributed by atoms with Crippen LogP contribution in [-0.2, 0) is 14.8 Å². The van der Waals surface area contributed by atoms with Crippen LogP contribution in [0.3, 0.4) is 0 Å². The van der Waals surface area contributed by atoms with Gasteiger partial charge in [0.2, 0.25) is 10.0 Å². The molecule has 2 N–H and O–H groups in total. The summed E-state index contributed by atoms with van der Waals surface area (Å²) in [5.74, 6) is -0.621. The minimum atomic E-state index is -3.48. The molecule has 24 heavy (non-hydrogen) atoms. The predicted octanol–water partition coefficient (Wildman–Crippen LogP) is 1.18. The number of halogens is 3. The van der Waals surface area contributed by atoms with Crippen LogP contribution in [-0.4, -0.2) is 63.0 Å². The first-order valence-corrected chi connectivity index (χ1v) is 9.27. The largest absolute Gasteiger partial charge is 0.384 e. The zero-order valence-electron chi connectivity index (χ0n) is 13.3. The monoisotopic (exact) mass is 402 g/mol. The number of hydrogen-bond acceptors (Lipinski definition) is 5. The van der Waals surface area contributed by atoms with Gasteiger partial charge in [-0.3, -0.25) is 0 Å². The number of rotatable bonds is 4. The molecule has 10 heteroatoms. The zero-order valence-corrected chi connectivity index (χ0v) is 15.7. The third-order valence-corrected chi connectivity index (χ3v) is 5.36. The van der Waals surface area contributed by atoms with Gasteiger partial charge in [-0.1, -0.05) is 17.7 Å². The Hall–Kier alpha value is -0.480. The maximum atomic E-state index is 13.7. The van der Waals surface area contributed by atoms with E-state index in [1.807, 2.05) is 0 Å². The van der Waals surface area contributed by atoms with E-state index < -0.39 is 27.5 Å². The highest BCUT2D eigenvalue weighted by atomic mass is 35.5. The fourth-order valence-corrected chi connectivity index (χ4v) is 3.10. The summed E-state index contributed by atoms with van der Waals surface area (Å²) in [6.45, 7) is 0.729. The van der Waals surface area contributed by atoms with Crippen molar-refractivity contribution in [3.63, 3.8) is 0 Å². The summed E-state index contributed by atoms with van der Waals surface area (Å²) in [6.07, 6.45) is 0.173. The quantitative estimate of drug-likeness (QED) is 0.790. The van der Waals surface area contributed by atoms with Gasteiger partial charge in [0.25, 0.3) is 0 Å². The number of hydrogen-bond donors (Lipinski definition) is 2. The number of β-amino-alcohol motifs (C(OH)–C–C–N with tert-alkyl or cyclic N) is 1. The molecule has 1 aliphatic heterocycles. The van der Waals surface area contributed by atoms with Crippen LogP contribution in [0.1, 0.15) is 11.7 Å². The maximum Gasteiger partial charge on any atom is 0.211 e. The molecule has 1 saturated heterocycles. The maximum absolute atomic E-state index is 13.7. The van der Waals surface area contributed by atoms with Crippen molar-refractivity contribution in [3.05, 3.63) is 34.6 Å². The summed E-state index contributed by atoms with van der Waals surface area (Å²) in [4.78, 5) is 0. The van der Waals surface area contributed by atoms with Crippen LogP contribution in [0.25, 0.3) is 0 Å². The highest BCUT2D eigenvalue weighted by Crippen LogP contribution is 2.33. The lowest BCUT2D eigenvalue weighted by Gasteiger charge is -2.36. The molecule has 0 aromatic heterocycles. The van der Waals surface area contributed by atoms with Crippen molar-refractivity contribution in [2.24, 2.45) is 0 Å². The van der Waals surface area contributed by atoms with E-state index in [0.29, 0.717) is 18.7 Å². The van der Waals surface area contributed by atoms with E-state index in [2.05, 4.69) is 5.32 Å². The topological polar surface area (TPSA) is 78.9 Å². The summed E-state index contributed by atoms with van der Waals surface area (Å²) in [7, 11) is -2.11. The van der Waals surface area contributed by atoms with Crippen LogP contribution < -0.4 is 5.32 Å². The Bertz CT molecular complexity index is 677. The van der Waals surface area contributed by atoms with E-state index >= 15 is 0 Å². The molecule has 2 unspecified atom stereocenters. The fourth-order valence-electron chi connectivity index (χ4n) is 2.53. The minimum Gasteiger partial charge on any atom is -0.384 e. The average Bonchev–Trinajstić information content (AvgIpc) is 2.63. The van der Waals surface area contributed by atoms with Gasteiger partial charge in [0, 0.05) is 26.7 Å². The van der Waals surface area contributed by atoms with Crippen LogP contribution in [0.15, 0.2) is 18.2 Å². The molecular weight excluding hydrogens is 382 g/mol. The van der Waals surface area contributed by atoms with E-state index in [-0.39, 0.29) is 30.5 Å².